The summed E-state index contributed by atoms with van der Waals surface area (Å²) in [7, 11) is 0. The largest absolute Gasteiger partial charge is 0.758 e. The maximum atomic E-state index is 10.0. The number of hydrogen-bond acceptors (Lipinski definition) is 4. The lowest BCUT2D eigenvalue weighted by molar-refractivity contribution is -0.141. The Morgan fingerprint density at radius 2 is 2.00 bits per heavy atom. The number of rotatable bonds is 4. The number of carbonyl (C=O) groups is 1. The molecule has 5 nitrogen and oxygen atoms in total. The average Bonchev–Trinajstić information content (AvgIpc) is 2.14. The van der Waals surface area contributed by atoms with E-state index in [4.69, 9.17) is 0 Å². The molecule has 0 aliphatic heterocycles. The van der Waals surface area contributed by atoms with Crippen LogP contribution in [0.25, 0.3) is 0 Å². The Hall–Kier alpha value is -0.790. The zero-order valence-electron chi connectivity index (χ0n) is 8.15. The molecule has 0 radical (unpaired) electrons. The van der Waals surface area contributed by atoms with E-state index in [0.29, 0.717) is 0 Å². The highest BCUT2D eigenvalue weighted by Crippen LogP contribution is 1.76. The molecule has 0 heterocycles. The van der Waals surface area contributed by atoms with Crippen LogP contribution in [0.3, 0.4) is 0 Å². The molecule has 0 aromatic rings. The van der Waals surface area contributed by atoms with Crippen molar-refractivity contribution in [1.82, 2.24) is 4.89 Å². The van der Waals surface area contributed by atoms with Crippen molar-refractivity contribution in [3.05, 3.63) is 12.7 Å². The lowest BCUT2D eigenvalue weighted by Crippen LogP contribution is -2.20. The number of halogens is 1. The van der Waals surface area contributed by atoms with Gasteiger partial charge in [0.1, 0.15) is 0 Å². The molecule has 0 spiro atoms. The maximum Gasteiger partial charge on any atom is 0.349 e. The summed E-state index contributed by atoms with van der Waals surface area (Å²) in [6, 6.07) is 0. The molecule has 1 atom stereocenters. The Balaban J connectivity index is -0.000000209. The van der Waals surface area contributed by atoms with E-state index in [0.717, 1.165) is 6.08 Å². The first kappa shape index (κ1) is 18.9. The van der Waals surface area contributed by atoms with Gasteiger partial charge in [-0.2, -0.15) is 0 Å². The molecule has 0 aliphatic carbocycles. The standard InChI is InChI=1S/C4H10.C3H5NO4S.FH/c1-3-4-2;1-2-3(5)8-4-9(6)7;/h3-4H2,1-2H3;2,4H,1H2,(H,6,7);1H/p-1. The number of unbranched alkanes of at least 4 members (excludes halogenated alkanes) is 1. The van der Waals surface area contributed by atoms with Gasteiger partial charge in [-0.15, -0.1) is 0 Å². The lowest BCUT2D eigenvalue weighted by atomic mass is 10.4. The SMILES string of the molecule is C=CC(=O)ONS(=O)[O-].CCCC.F. The third-order valence-electron chi connectivity index (χ3n) is 0.877. The molecule has 0 saturated heterocycles. The van der Waals surface area contributed by atoms with Crippen molar-refractivity contribution in [1.29, 1.82) is 0 Å². The number of nitrogens with one attached hydrogen (secondary N) is 1. The highest BCUT2D eigenvalue weighted by Gasteiger charge is 1.91. The maximum absolute atomic E-state index is 10.0. The minimum absolute atomic E-state index is 0. The molecule has 7 heteroatoms. The lowest BCUT2D eigenvalue weighted by Gasteiger charge is -2.03. The third-order valence-corrected chi connectivity index (χ3v) is 1.10. The second-order valence-electron chi connectivity index (χ2n) is 1.94. The van der Waals surface area contributed by atoms with Crippen LogP contribution in [0.1, 0.15) is 26.7 Å². The van der Waals surface area contributed by atoms with Crippen LogP contribution in [-0.2, 0) is 20.9 Å². The first-order valence-electron chi connectivity index (χ1n) is 3.76. The Kier molecular flexibility index (Phi) is 19.9. The molecule has 1 N–H and O–H groups in total. The van der Waals surface area contributed by atoms with Crippen molar-refractivity contribution < 1.29 is 23.1 Å². The second kappa shape index (κ2) is 14.7. The van der Waals surface area contributed by atoms with Gasteiger partial charge >= 0.3 is 5.97 Å². The highest BCUT2D eigenvalue weighted by molar-refractivity contribution is 7.76. The summed E-state index contributed by atoms with van der Waals surface area (Å²) in [5.41, 5.74) is 0. The van der Waals surface area contributed by atoms with Crippen LogP contribution in [0, 0.1) is 0 Å². The van der Waals surface area contributed by atoms with Gasteiger partial charge in [-0.3, -0.25) is 8.91 Å². The zero-order chi connectivity index (χ0) is 10.7. The first-order valence-corrected chi connectivity index (χ1v) is 4.84. The average molecular weight is 228 g/mol. The molecule has 0 bridgehead atoms. The molecule has 86 valence electrons. The summed E-state index contributed by atoms with van der Waals surface area (Å²) in [5.74, 6) is -0.848. The van der Waals surface area contributed by atoms with Gasteiger partial charge in [0.25, 0.3) is 0 Å². The minimum Gasteiger partial charge on any atom is -0.758 e. The van der Waals surface area contributed by atoms with Gasteiger partial charge in [-0.05, 0) is 0 Å². The van der Waals surface area contributed by atoms with Crippen molar-refractivity contribution in [2.24, 2.45) is 0 Å². The summed E-state index contributed by atoms with van der Waals surface area (Å²) in [6.07, 6.45) is 3.47. The van der Waals surface area contributed by atoms with Gasteiger partial charge in [0, 0.05) is 6.08 Å². The van der Waals surface area contributed by atoms with E-state index in [1.807, 2.05) is 0 Å². The quantitative estimate of drug-likeness (QED) is 0.442. The van der Waals surface area contributed by atoms with Gasteiger partial charge in [0.05, 0.1) is 11.3 Å². The Morgan fingerprint density at radius 3 is 2.21 bits per heavy atom. The molecule has 0 fully saturated rings. The van der Waals surface area contributed by atoms with Gasteiger partial charge in [0.2, 0.25) is 0 Å². The summed E-state index contributed by atoms with van der Waals surface area (Å²) in [5, 5.41) is 0. The van der Waals surface area contributed by atoms with Gasteiger partial charge in [-0.25, -0.2) is 4.79 Å². The first-order chi connectivity index (χ1) is 6.08. The van der Waals surface area contributed by atoms with Crippen molar-refractivity contribution >= 4 is 17.2 Å². The second-order valence-corrected chi connectivity index (χ2v) is 2.58. The fourth-order valence-electron chi connectivity index (χ4n) is 0.117. The summed E-state index contributed by atoms with van der Waals surface area (Å²) >= 11 is -2.58. The molecule has 0 aromatic carbocycles. The number of carbonyl (C=O) groups excluding carboxylic acids is 1. The van der Waals surface area contributed by atoms with E-state index in [-0.39, 0.29) is 4.70 Å². The van der Waals surface area contributed by atoms with E-state index in [9.17, 15) is 13.6 Å². The molecule has 0 aromatic heterocycles. The topological polar surface area (TPSA) is 78.5 Å². The van der Waals surface area contributed by atoms with Crippen molar-refractivity contribution in [2.75, 3.05) is 0 Å². The Labute approximate surface area is 85.3 Å². The van der Waals surface area contributed by atoms with Gasteiger partial charge < -0.3 is 9.39 Å². The minimum atomic E-state index is -2.58. The Bertz CT molecular complexity index is 175. The van der Waals surface area contributed by atoms with Crippen LogP contribution < -0.4 is 4.89 Å². The number of hydrogen-bond donors (Lipinski definition) is 1. The fraction of sp³-hybridized carbons (Fsp3) is 0.571. The van der Waals surface area contributed by atoms with E-state index < -0.39 is 17.2 Å². The fourth-order valence-corrected chi connectivity index (χ4v) is 0.267. The predicted octanol–water partition coefficient (Wildman–Crippen LogP) is 0.973. The van der Waals surface area contributed by atoms with Gasteiger partial charge in [-0.1, -0.05) is 38.2 Å². The Morgan fingerprint density at radius 1 is 1.57 bits per heavy atom. The smallest absolute Gasteiger partial charge is 0.349 e. The molecular formula is C7H15FNO4S-. The van der Waals surface area contributed by atoms with Crippen LogP contribution in [0.5, 0.6) is 0 Å². The normalized spacial score (nSPS) is 9.93. The summed E-state index contributed by atoms with van der Waals surface area (Å²) in [4.78, 5) is 15.3. The molecule has 0 saturated carbocycles. The van der Waals surface area contributed by atoms with Crippen molar-refractivity contribution in [3.63, 3.8) is 0 Å². The van der Waals surface area contributed by atoms with E-state index in [1.54, 1.807) is 0 Å². The summed E-state index contributed by atoms with van der Waals surface area (Å²) < 4.78 is 19.2. The van der Waals surface area contributed by atoms with E-state index >= 15 is 0 Å². The molecular weight excluding hydrogens is 213 g/mol. The zero-order valence-corrected chi connectivity index (χ0v) is 8.96. The molecule has 14 heavy (non-hydrogen) atoms. The molecule has 0 aliphatic rings. The molecule has 1 unspecified atom stereocenters. The highest BCUT2D eigenvalue weighted by atomic mass is 32.2. The van der Waals surface area contributed by atoms with Gasteiger partial charge in [0.15, 0.2) is 0 Å². The molecule has 0 rings (SSSR count). The third kappa shape index (κ3) is 22.5. The van der Waals surface area contributed by atoms with Crippen LogP contribution in [-0.4, -0.2) is 14.7 Å². The van der Waals surface area contributed by atoms with Crippen molar-refractivity contribution in [3.8, 4) is 0 Å². The predicted molar refractivity (Wildman–Crippen MR) is 51.4 cm³/mol. The van der Waals surface area contributed by atoms with E-state index in [2.05, 4.69) is 25.3 Å². The van der Waals surface area contributed by atoms with Crippen molar-refractivity contribution in [2.45, 2.75) is 26.7 Å². The van der Waals surface area contributed by atoms with Crippen LogP contribution in [0.2, 0.25) is 0 Å². The van der Waals surface area contributed by atoms with Crippen LogP contribution in [0.4, 0.5) is 4.70 Å². The summed E-state index contributed by atoms with van der Waals surface area (Å²) in [6.45, 7) is 7.38. The monoisotopic (exact) mass is 228 g/mol. The van der Waals surface area contributed by atoms with Crippen LogP contribution in [0.15, 0.2) is 12.7 Å². The molecule has 0 amide bonds. The van der Waals surface area contributed by atoms with Crippen LogP contribution >= 0.6 is 0 Å². The van der Waals surface area contributed by atoms with E-state index in [1.165, 1.54) is 17.7 Å².